The summed E-state index contributed by atoms with van der Waals surface area (Å²) in [4.78, 5) is 26.5. The normalized spacial score (nSPS) is 10.1. The first-order valence-electron chi connectivity index (χ1n) is 5.92. The number of hydrogen-bond donors (Lipinski definition) is 3. The number of hydrogen-bond acceptors (Lipinski definition) is 4. The van der Waals surface area contributed by atoms with Crippen LogP contribution < -0.4 is 5.32 Å². The Hall–Kier alpha value is -2.60. The third kappa shape index (κ3) is 3.93. The number of aromatic nitrogens is 1. The quantitative estimate of drug-likeness (QED) is 0.805. The monoisotopic (exact) mass is 306 g/mol. The maximum atomic E-state index is 12.0. The largest absolute Gasteiger partial charge is 0.508 e. The molecule has 1 heterocycles. The number of carbonyl (C=O) groups excluding carboxylic acids is 1. The standard InChI is InChI=1S/C14H11ClN2O4/c15-12-4-3-10(18)6-11(12)14(21)17-9-2-1-8(16-7-9)5-13(19)20/h1-4,6-7,18H,5H2,(H,17,21)(H,19,20). The molecule has 2 rings (SSSR count). The van der Waals surface area contributed by atoms with Crippen LogP contribution in [0.5, 0.6) is 5.75 Å². The van der Waals surface area contributed by atoms with Gasteiger partial charge in [0.25, 0.3) is 5.91 Å². The first-order chi connectivity index (χ1) is 9.95. The Kier molecular flexibility index (Phi) is 4.39. The van der Waals surface area contributed by atoms with Crippen molar-refractivity contribution in [2.24, 2.45) is 0 Å². The van der Waals surface area contributed by atoms with E-state index in [4.69, 9.17) is 16.7 Å². The minimum Gasteiger partial charge on any atom is -0.508 e. The topological polar surface area (TPSA) is 99.5 Å². The predicted octanol–water partition coefficient (Wildman–Crippen LogP) is 2.32. The SMILES string of the molecule is O=C(O)Cc1ccc(NC(=O)c2cc(O)ccc2Cl)cn1. The van der Waals surface area contributed by atoms with Crippen LogP contribution in [0.2, 0.25) is 5.02 Å². The molecule has 6 nitrogen and oxygen atoms in total. The zero-order valence-electron chi connectivity index (χ0n) is 10.7. The number of phenols is 1. The van der Waals surface area contributed by atoms with Gasteiger partial charge in [-0.1, -0.05) is 11.6 Å². The third-order valence-electron chi connectivity index (χ3n) is 2.61. The highest BCUT2D eigenvalue weighted by Gasteiger charge is 2.12. The molecule has 1 aromatic carbocycles. The number of carbonyl (C=O) groups is 2. The highest BCUT2D eigenvalue weighted by atomic mass is 35.5. The van der Waals surface area contributed by atoms with E-state index in [-0.39, 0.29) is 22.8 Å². The summed E-state index contributed by atoms with van der Waals surface area (Å²) in [6, 6.07) is 7.10. The molecule has 0 fully saturated rings. The number of benzene rings is 1. The molecule has 21 heavy (non-hydrogen) atoms. The lowest BCUT2D eigenvalue weighted by molar-refractivity contribution is -0.136. The van der Waals surface area contributed by atoms with Gasteiger partial charge in [-0.05, 0) is 30.3 Å². The van der Waals surface area contributed by atoms with E-state index in [1.54, 1.807) is 6.07 Å². The summed E-state index contributed by atoms with van der Waals surface area (Å²) in [7, 11) is 0. The van der Waals surface area contributed by atoms with Crippen molar-refractivity contribution in [1.29, 1.82) is 0 Å². The number of anilines is 1. The van der Waals surface area contributed by atoms with Gasteiger partial charge in [0, 0.05) is 0 Å². The van der Waals surface area contributed by atoms with E-state index in [0.717, 1.165) is 0 Å². The Balaban J connectivity index is 2.12. The molecule has 0 radical (unpaired) electrons. The Labute approximate surface area is 125 Å². The molecule has 0 atom stereocenters. The lowest BCUT2D eigenvalue weighted by Gasteiger charge is -2.07. The van der Waals surface area contributed by atoms with Crippen molar-refractivity contribution in [1.82, 2.24) is 4.98 Å². The van der Waals surface area contributed by atoms with E-state index in [9.17, 15) is 14.7 Å². The molecule has 0 aliphatic heterocycles. The van der Waals surface area contributed by atoms with Gasteiger partial charge < -0.3 is 15.5 Å². The minimum absolute atomic E-state index is 0.0699. The summed E-state index contributed by atoms with van der Waals surface area (Å²) in [5, 5.41) is 20.8. The van der Waals surface area contributed by atoms with Gasteiger partial charge in [-0.2, -0.15) is 0 Å². The third-order valence-corrected chi connectivity index (χ3v) is 2.94. The summed E-state index contributed by atoms with van der Waals surface area (Å²) in [6.07, 6.45) is 1.17. The first kappa shape index (κ1) is 14.8. The molecule has 0 spiro atoms. The number of carboxylic acid groups (broad SMARTS) is 1. The molecule has 2 aromatic rings. The summed E-state index contributed by atoms with van der Waals surface area (Å²) in [5.74, 6) is -1.55. The van der Waals surface area contributed by atoms with Gasteiger partial charge in [0.2, 0.25) is 0 Å². The van der Waals surface area contributed by atoms with Crippen molar-refractivity contribution >= 4 is 29.2 Å². The molecule has 108 valence electrons. The van der Waals surface area contributed by atoms with Gasteiger partial charge >= 0.3 is 5.97 Å². The number of nitrogens with one attached hydrogen (secondary N) is 1. The minimum atomic E-state index is -0.981. The number of aromatic hydroxyl groups is 1. The maximum absolute atomic E-state index is 12.0. The molecular formula is C14H11ClN2O4. The molecule has 0 aliphatic carbocycles. The van der Waals surface area contributed by atoms with Crippen molar-refractivity contribution in [2.45, 2.75) is 6.42 Å². The van der Waals surface area contributed by atoms with Crippen molar-refractivity contribution < 1.29 is 19.8 Å². The van der Waals surface area contributed by atoms with E-state index in [2.05, 4.69) is 10.3 Å². The molecular weight excluding hydrogens is 296 g/mol. The van der Waals surface area contributed by atoms with Crippen molar-refractivity contribution in [3.05, 3.63) is 52.8 Å². The van der Waals surface area contributed by atoms with Gasteiger partial charge in [0.15, 0.2) is 0 Å². The molecule has 0 saturated heterocycles. The van der Waals surface area contributed by atoms with Crippen LogP contribution in [0.4, 0.5) is 5.69 Å². The lowest BCUT2D eigenvalue weighted by atomic mass is 10.2. The van der Waals surface area contributed by atoms with E-state index in [1.165, 1.54) is 30.5 Å². The van der Waals surface area contributed by atoms with Crippen LogP contribution in [0, 0.1) is 0 Å². The van der Waals surface area contributed by atoms with Crippen LogP contribution in [-0.4, -0.2) is 27.1 Å². The van der Waals surface area contributed by atoms with Crippen LogP contribution in [0.15, 0.2) is 36.5 Å². The summed E-state index contributed by atoms with van der Waals surface area (Å²) in [6.45, 7) is 0. The predicted molar refractivity (Wildman–Crippen MR) is 76.6 cm³/mol. The highest BCUT2D eigenvalue weighted by Crippen LogP contribution is 2.22. The Morgan fingerprint density at radius 2 is 2.00 bits per heavy atom. The average molecular weight is 307 g/mol. The van der Waals surface area contributed by atoms with Gasteiger partial charge in [-0.25, -0.2) is 0 Å². The number of aliphatic carboxylic acids is 1. The van der Waals surface area contributed by atoms with Crippen molar-refractivity contribution in [3.63, 3.8) is 0 Å². The Bertz CT molecular complexity index is 686. The second kappa shape index (κ2) is 6.23. The Morgan fingerprint density at radius 3 is 2.62 bits per heavy atom. The lowest BCUT2D eigenvalue weighted by Crippen LogP contribution is -2.13. The molecule has 7 heteroatoms. The van der Waals surface area contributed by atoms with Gasteiger partial charge in [0.05, 0.1) is 34.6 Å². The van der Waals surface area contributed by atoms with Crippen molar-refractivity contribution in [2.75, 3.05) is 5.32 Å². The maximum Gasteiger partial charge on any atom is 0.309 e. The second-order valence-corrected chi connectivity index (χ2v) is 4.63. The number of pyridine rings is 1. The van der Waals surface area contributed by atoms with Gasteiger partial charge in [-0.3, -0.25) is 14.6 Å². The molecule has 3 N–H and O–H groups in total. The molecule has 1 amide bonds. The fourth-order valence-electron chi connectivity index (χ4n) is 1.64. The number of rotatable bonds is 4. The summed E-state index contributed by atoms with van der Waals surface area (Å²) < 4.78 is 0. The van der Waals surface area contributed by atoms with E-state index in [1.807, 2.05) is 0 Å². The van der Waals surface area contributed by atoms with E-state index < -0.39 is 11.9 Å². The fraction of sp³-hybridized carbons (Fsp3) is 0.0714. The zero-order chi connectivity index (χ0) is 15.4. The highest BCUT2D eigenvalue weighted by molar-refractivity contribution is 6.34. The van der Waals surface area contributed by atoms with Gasteiger partial charge in [0.1, 0.15) is 5.75 Å². The molecule has 1 aromatic heterocycles. The fourth-order valence-corrected chi connectivity index (χ4v) is 1.85. The van der Waals surface area contributed by atoms with Crippen LogP contribution in [0.25, 0.3) is 0 Å². The van der Waals surface area contributed by atoms with Crippen LogP contribution in [0.1, 0.15) is 16.1 Å². The Morgan fingerprint density at radius 1 is 1.24 bits per heavy atom. The number of nitrogens with zero attached hydrogens (tertiary/aromatic N) is 1. The number of halogens is 1. The van der Waals surface area contributed by atoms with Crippen LogP contribution in [-0.2, 0) is 11.2 Å². The number of carboxylic acids is 1. The second-order valence-electron chi connectivity index (χ2n) is 4.23. The van der Waals surface area contributed by atoms with Crippen LogP contribution in [0.3, 0.4) is 0 Å². The zero-order valence-corrected chi connectivity index (χ0v) is 11.5. The molecule has 0 bridgehead atoms. The van der Waals surface area contributed by atoms with E-state index >= 15 is 0 Å². The molecule has 0 saturated carbocycles. The summed E-state index contributed by atoms with van der Waals surface area (Å²) in [5.41, 5.74) is 0.913. The average Bonchev–Trinajstić information content (AvgIpc) is 2.43. The van der Waals surface area contributed by atoms with Gasteiger partial charge in [-0.15, -0.1) is 0 Å². The smallest absolute Gasteiger partial charge is 0.309 e. The molecule has 0 aliphatic rings. The van der Waals surface area contributed by atoms with E-state index in [0.29, 0.717) is 11.4 Å². The summed E-state index contributed by atoms with van der Waals surface area (Å²) >= 11 is 5.89. The van der Waals surface area contributed by atoms with Crippen molar-refractivity contribution in [3.8, 4) is 5.75 Å². The number of phenolic OH excluding ortho intramolecular Hbond substituents is 1. The number of amides is 1. The first-order valence-corrected chi connectivity index (χ1v) is 6.30. The van der Waals surface area contributed by atoms with Crippen LogP contribution >= 0.6 is 11.6 Å². The molecule has 0 unspecified atom stereocenters.